The zero-order chi connectivity index (χ0) is 20.2. The number of hydrogen-bond acceptors (Lipinski definition) is 4. The van der Waals surface area contributed by atoms with E-state index in [0.717, 1.165) is 22.0 Å². The molecule has 0 bridgehead atoms. The molecule has 4 aromatic rings. The molecule has 0 aliphatic rings. The summed E-state index contributed by atoms with van der Waals surface area (Å²) in [6.45, 7) is 2.01. The quantitative estimate of drug-likeness (QED) is 0.537. The first-order valence-corrected chi connectivity index (χ1v) is 9.04. The van der Waals surface area contributed by atoms with Gasteiger partial charge in [-0.05, 0) is 36.8 Å². The predicted molar refractivity (Wildman–Crippen MR) is 112 cm³/mol. The van der Waals surface area contributed by atoms with Crippen molar-refractivity contribution in [3.05, 3.63) is 89.6 Å². The number of hydrogen-bond donors (Lipinski definition) is 1. The summed E-state index contributed by atoms with van der Waals surface area (Å²) in [6, 6.07) is 21.3. The monoisotopic (exact) mass is 379 g/mol. The van der Waals surface area contributed by atoms with E-state index in [1.54, 1.807) is 12.1 Å². The number of aryl methyl sites for hydroxylation is 1. The van der Waals surface area contributed by atoms with Crippen molar-refractivity contribution in [3.63, 3.8) is 0 Å². The molecule has 140 valence electrons. The van der Waals surface area contributed by atoms with Crippen molar-refractivity contribution in [2.24, 2.45) is 0 Å². The molecule has 1 N–H and O–H groups in total. The van der Waals surface area contributed by atoms with Crippen molar-refractivity contribution in [3.8, 4) is 11.9 Å². The number of nitriles is 1. The number of aromatic nitrogens is 3. The number of nitrogens with one attached hydrogen (secondary N) is 1. The number of nitrogens with zero attached hydrogens (tertiary/aromatic N) is 4. The third-order valence-electron chi connectivity index (χ3n) is 4.44. The van der Waals surface area contributed by atoms with Crippen LogP contribution in [0.2, 0.25) is 0 Å². The van der Waals surface area contributed by atoms with Gasteiger partial charge in [0.1, 0.15) is 11.6 Å². The van der Waals surface area contributed by atoms with E-state index in [0.29, 0.717) is 5.82 Å². The summed E-state index contributed by atoms with van der Waals surface area (Å²) < 4.78 is 1.46. The molecule has 4 rings (SSSR count). The first-order chi connectivity index (χ1) is 14.1. The van der Waals surface area contributed by atoms with Crippen molar-refractivity contribution < 1.29 is 4.79 Å². The minimum absolute atomic E-state index is 0.261. The summed E-state index contributed by atoms with van der Waals surface area (Å²) in [4.78, 5) is 17.0. The molecular weight excluding hydrogens is 362 g/mol. The van der Waals surface area contributed by atoms with Crippen LogP contribution in [0, 0.1) is 18.3 Å². The van der Waals surface area contributed by atoms with Gasteiger partial charge < -0.3 is 5.32 Å². The van der Waals surface area contributed by atoms with Gasteiger partial charge in [-0.15, -0.1) is 0 Å². The number of pyridine rings is 1. The van der Waals surface area contributed by atoms with Crippen LogP contribution >= 0.6 is 0 Å². The number of rotatable bonds is 4. The summed E-state index contributed by atoms with van der Waals surface area (Å²) in [7, 11) is 0. The summed E-state index contributed by atoms with van der Waals surface area (Å²) in [5.41, 5.74) is 3.13. The fraction of sp³-hybridized carbons (Fsp3) is 0.0435. The van der Waals surface area contributed by atoms with E-state index >= 15 is 0 Å². The molecule has 0 unspecified atom stereocenters. The number of amides is 1. The summed E-state index contributed by atoms with van der Waals surface area (Å²) >= 11 is 0. The smallest absolute Gasteiger partial charge is 0.249 e. The summed E-state index contributed by atoms with van der Waals surface area (Å²) in [5.74, 6) is 0.446. The Morgan fingerprint density at radius 3 is 2.69 bits per heavy atom. The van der Waals surface area contributed by atoms with Crippen LogP contribution in [-0.2, 0) is 4.79 Å². The minimum Gasteiger partial charge on any atom is -0.306 e. The maximum Gasteiger partial charge on any atom is 0.249 e. The van der Waals surface area contributed by atoms with Crippen LogP contribution < -0.4 is 5.32 Å². The number of carbonyl (C=O) groups excluding carboxylic acids is 1. The molecule has 6 heteroatoms. The van der Waals surface area contributed by atoms with Gasteiger partial charge in [0.2, 0.25) is 5.91 Å². The topological polar surface area (TPSA) is 83.6 Å². The fourth-order valence-electron chi connectivity index (χ4n) is 2.91. The van der Waals surface area contributed by atoms with E-state index < -0.39 is 0 Å². The molecule has 0 saturated carbocycles. The Morgan fingerprint density at radius 2 is 1.90 bits per heavy atom. The van der Waals surface area contributed by atoms with Gasteiger partial charge in [0.25, 0.3) is 0 Å². The number of anilines is 1. The first kappa shape index (κ1) is 18.1. The van der Waals surface area contributed by atoms with Gasteiger partial charge in [0.05, 0.1) is 11.7 Å². The van der Waals surface area contributed by atoms with Crippen LogP contribution in [0.3, 0.4) is 0 Å². The molecule has 0 fully saturated rings. The Labute approximate surface area is 167 Å². The Hall–Kier alpha value is -4.24. The molecule has 2 aromatic heterocycles. The summed E-state index contributed by atoms with van der Waals surface area (Å²) in [6.07, 6.45) is 4.56. The Morgan fingerprint density at radius 1 is 1.10 bits per heavy atom. The largest absolute Gasteiger partial charge is 0.306 e. The zero-order valence-corrected chi connectivity index (χ0v) is 15.7. The Bertz CT molecular complexity index is 1260. The zero-order valence-electron chi connectivity index (χ0n) is 15.7. The Balaban J connectivity index is 1.63. The van der Waals surface area contributed by atoms with Gasteiger partial charge in [0.15, 0.2) is 11.6 Å². The SMILES string of the molecule is Cc1ccc(/C=C/C(=O)Nc2c(C#N)cnn2-c2ccc3ccccc3n2)cc1. The van der Waals surface area contributed by atoms with E-state index in [1.165, 1.54) is 17.0 Å². The van der Waals surface area contributed by atoms with Crippen LogP contribution in [0.1, 0.15) is 16.7 Å². The maximum absolute atomic E-state index is 12.4. The van der Waals surface area contributed by atoms with Crippen LogP contribution in [-0.4, -0.2) is 20.7 Å². The molecule has 0 atom stereocenters. The third-order valence-corrected chi connectivity index (χ3v) is 4.44. The van der Waals surface area contributed by atoms with E-state index in [-0.39, 0.29) is 17.3 Å². The van der Waals surface area contributed by atoms with E-state index in [4.69, 9.17) is 0 Å². The summed E-state index contributed by atoms with van der Waals surface area (Å²) in [5, 5.41) is 17.4. The maximum atomic E-state index is 12.4. The van der Waals surface area contributed by atoms with Crippen molar-refractivity contribution >= 4 is 28.7 Å². The average Bonchev–Trinajstić information content (AvgIpc) is 3.15. The normalized spacial score (nSPS) is 10.9. The highest BCUT2D eigenvalue weighted by atomic mass is 16.1. The number of fused-ring (bicyclic) bond motifs is 1. The van der Waals surface area contributed by atoms with Crippen molar-refractivity contribution in [1.29, 1.82) is 5.26 Å². The van der Waals surface area contributed by atoms with E-state index in [2.05, 4.69) is 21.5 Å². The number of benzene rings is 2. The second kappa shape index (κ2) is 7.79. The van der Waals surface area contributed by atoms with E-state index in [1.807, 2.05) is 61.5 Å². The van der Waals surface area contributed by atoms with Crippen LogP contribution in [0.25, 0.3) is 22.8 Å². The van der Waals surface area contributed by atoms with Gasteiger partial charge in [-0.2, -0.15) is 15.0 Å². The molecule has 0 aliphatic carbocycles. The number of carbonyl (C=O) groups is 1. The molecule has 0 spiro atoms. The molecule has 0 saturated heterocycles. The van der Waals surface area contributed by atoms with Crippen LogP contribution in [0.4, 0.5) is 5.82 Å². The van der Waals surface area contributed by atoms with Gasteiger partial charge >= 0.3 is 0 Å². The molecule has 2 aromatic carbocycles. The lowest BCUT2D eigenvalue weighted by Crippen LogP contribution is -2.14. The highest BCUT2D eigenvalue weighted by Gasteiger charge is 2.15. The van der Waals surface area contributed by atoms with E-state index in [9.17, 15) is 10.1 Å². The van der Waals surface area contributed by atoms with Gasteiger partial charge in [0, 0.05) is 11.5 Å². The van der Waals surface area contributed by atoms with Crippen molar-refractivity contribution in [2.75, 3.05) is 5.32 Å². The minimum atomic E-state index is -0.357. The molecule has 2 heterocycles. The van der Waals surface area contributed by atoms with Crippen LogP contribution in [0.5, 0.6) is 0 Å². The highest BCUT2D eigenvalue weighted by molar-refractivity contribution is 6.02. The third kappa shape index (κ3) is 3.89. The molecule has 6 nitrogen and oxygen atoms in total. The molecule has 0 radical (unpaired) electrons. The standard InChI is InChI=1S/C23H17N5O/c1-16-6-8-17(9-7-16)10-13-22(29)27-23-19(14-24)15-25-28(23)21-12-11-18-4-2-3-5-20(18)26-21/h2-13,15H,1H3,(H,27,29)/b13-10+. The second-order valence-corrected chi connectivity index (χ2v) is 6.53. The van der Waals surface area contributed by atoms with Crippen LogP contribution in [0.15, 0.2) is 72.9 Å². The van der Waals surface area contributed by atoms with Gasteiger partial charge in [-0.3, -0.25) is 4.79 Å². The second-order valence-electron chi connectivity index (χ2n) is 6.53. The molecular formula is C23H17N5O. The average molecular weight is 379 g/mol. The van der Waals surface area contributed by atoms with Crippen molar-refractivity contribution in [2.45, 2.75) is 6.92 Å². The first-order valence-electron chi connectivity index (χ1n) is 9.04. The van der Waals surface area contributed by atoms with Gasteiger partial charge in [-0.1, -0.05) is 48.0 Å². The highest BCUT2D eigenvalue weighted by Crippen LogP contribution is 2.21. The lowest BCUT2D eigenvalue weighted by Gasteiger charge is -2.08. The lowest BCUT2D eigenvalue weighted by atomic mass is 10.1. The predicted octanol–water partition coefficient (Wildman–Crippen LogP) is 4.25. The number of para-hydroxylation sites is 1. The van der Waals surface area contributed by atoms with Gasteiger partial charge in [-0.25, -0.2) is 4.98 Å². The molecule has 29 heavy (non-hydrogen) atoms. The molecule has 0 aliphatic heterocycles. The lowest BCUT2D eigenvalue weighted by molar-refractivity contribution is -0.111. The van der Waals surface area contributed by atoms with Crippen molar-refractivity contribution in [1.82, 2.24) is 14.8 Å². The molecule has 1 amide bonds. The fourth-order valence-corrected chi connectivity index (χ4v) is 2.91. The Kier molecular flexibility index (Phi) is 4.87.